The molecule has 0 saturated carbocycles. The van der Waals surface area contributed by atoms with Gasteiger partial charge in [0, 0.05) is 11.5 Å². The van der Waals surface area contributed by atoms with Gasteiger partial charge in [-0.05, 0) is 29.8 Å². The van der Waals surface area contributed by atoms with Crippen LogP contribution in [0.1, 0.15) is 31.2 Å². The second kappa shape index (κ2) is 10.6. The van der Waals surface area contributed by atoms with Crippen molar-refractivity contribution in [1.29, 1.82) is 0 Å². The highest BCUT2D eigenvalue weighted by Crippen LogP contribution is 2.28. The number of furan rings is 1. The summed E-state index contributed by atoms with van der Waals surface area (Å²) in [6.07, 6.45) is 1.60. The van der Waals surface area contributed by atoms with E-state index < -0.39 is 0 Å². The van der Waals surface area contributed by atoms with Crippen molar-refractivity contribution in [3.05, 3.63) is 84.4 Å². The van der Waals surface area contributed by atoms with Crippen LogP contribution in [0, 0.1) is 0 Å². The summed E-state index contributed by atoms with van der Waals surface area (Å²) in [4.78, 5) is 17.5. The van der Waals surface area contributed by atoms with Gasteiger partial charge in [0.1, 0.15) is 5.82 Å². The first-order valence-corrected chi connectivity index (χ1v) is 12.5. The number of carbonyl (C=O) groups is 1. The zero-order valence-electron chi connectivity index (χ0n) is 19.9. The summed E-state index contributed by atoms with van der Waals surface area (Å²) in [5.41, 5.74) is 2.50. The Morgan fingerprint density at radius 2 is 1.86 bits per heavy atom. The van der Waals surface area contributed by atoms with Gasteiger partial charge in [-0.1, -0.05) is 68.1 Å². The molecule has 0 aliphatic heterocycles. The molecule has 5 rings (SSSR count). The van der Waals surface area contributed by atoms with Gasteiger partial charge in [-0.25, -0.2) is 4.98 Å². The van der Waals surface area contributed by atoms with Crippen molar-refractivity contribution in [3.8, 4) is 23.0 Å². The van der Waals surface area contributed by atoms with Crippen molar-refractivity contribution >= 4 is 23.4 Å². The zero-order chi connectivity index (χ0) is 24.9. The monoisotopic (exact) mass is 499 g/mol. The van der Waals surface area contributed by atoms with Crippen LogP contribution in [-0.2, 0) is 11.3 Å². The summed E-state index contributed by atoms with van der Waals surface area (Å²) in [6.45, 7) is 4.64. The van der Waals surface area contributed by atoms with Crippen molar-refractivity contribution in [3.63, 3.8) is 0 Å². The number of thioether (sulfide) groups is 1. The van der Waals surface area contributed by atoms with E-state index in [2.05, 4.69) is 30.7 Å². The van der Waals surface area contributed by atoms with E-state index in [4.69, 9.17) is 4.42 Å². The minimum absolute atomic E-state index is 0.157. The molecule has 0 bridgehead atoms. The van der Waals surface area contributed by atoms with Gasteiger partial charge in [0.05, 0.1) is 24.2 Å². The molecule has 0 fully saturated rings. The molecule has 2 aromatic carbocycles. The van der Waals surface area contributed by atoms with Crippen LogP contribution in [0.5, 0.6) is 0 Å². The number of nitrogens with one attached hydrogen (secondary N) is 2. The first-order valence-electron chi connectivity index (χ1n) is 11.5. The predicted molar refractivity (Wildman–Crippen MR) is 139 cm³/mol. The Labute approximate surface area is 212 Å². The summed E-state index contributed by atoms with van der Waals surface area (Å²) in [5.74, 6) is 2.80. The Bertz CT molecular complexity index is 1440. The number of aromatic nitrogens is 6. The number of carbonyl (C=O) groups excluding carboxylic acids is 1. The molecule has 3 heterocycles. The third-order valence-corrected chi connectivity index (χ3v) is 6.43. The van der Waals surface area contributed by atoms with Crippen molar-refractivity contribution in [2.24, 2.45) is 0 Å². The van der Waals surface area contributed by atoms with E-state index in [1.165, 1.54) is 11.8 Å². The minimum Gasteiger partial charge on any atom is -0.461 e. The predicted octanol–water partition coefficient (Wildman–Crippen LogP) is 5.23. The number of amides is 1. The molecule has 36 heavy (non-hydrogen) atoms. The van der Waals surface area contributed by atoms with E-state index in [1.54, 1.807) is 6.26 Å². The van der Waals surface area contributed by atoms with Crippen LogP contribution >= 0.6 is 11.8 Å². The number of rotatable bonds is 9. The van der Waals surface area contributed by atoms with Crippen molar-refractivity contribution in [2.75, 3.05) is 11.1 Å². The van der Waals surface area contributed by atoms with Gasteiger partial charge < -0.3 is 9.73 Å². The zero-order valence-corrected chi connectivity index (χ0v) is 20.7. The molecule has 0 saturated heterocycles. The molecule has 0 atom stereocenters. The number of hydrogen-bond donors (Lipinski definition) is 2. The highest BCUT2D eigenvalue weighted by molar-refractivity contribution is 7.99. The Morgan fingerprint density at radius 1 is 1.06 bits per heavy atom. The molecule has 3 aromatic heterocycles. The standard InChI is InChI=1S/C26H25N7O2S/c1-17(2)23-28-24(30-29-23)19-11-6-7-12-20(19)27-22(34)16-36-26-32-31-25(21-13-8-14-35-21)33(26)15-18-9-4-3-5-10-18/h3-14,17H,15-16H2,1-2H3,(H,27,34)(H,28,29,30). The molecule has 10 heteroatoms. The lowest BCUT2D eigenvalue weighted by molar-refractivity contribution is -0.113. The Hall–Kier alpha value is -4.18. The van der Waals surface area contributed by atoms with Gasteiger partial charge in [-0.2, -0.15) is 5.10 Å². The average molecular weight is 500 g/mol. The molecule has 0 aliphatic carbocycles. The summed E-state index contributed by atoms with van der Waals surface area (Å²) in [5, 5.41) is 19.6. The van der Waals surface area contributed by atoms with Gasteiger partial charge in [-0.3, -0.25) is 14.5 Å². The van der Waals surface area contributed by atoms with E-state index in [0.717, 1.165) is 17.0 Å². The molecule has 9 nitrogen and oxygen atoms in total. The van der Waals surface area contributed by atoms with Gasteiger partial charge >= 0.3 is 0 Å². The molecular formula is C26H25N7O2S. The van der Waals surface area contributed by atoms with E-state index in [1.807, 2.05) is 85.1 Å². The summed E-state index contributed by atoms with van der Waals surface area (Å²) in [7, 11) is 0. The summed E-state index contributed by atoms with van der Waals surface area (Å²) >= 11 is 1.32. The van der Waals surface area contributed by atoms with Crippen LogP contribution < -0.4 is 5.32 Å². The molecule has 5 aromatic rings. The van der Waals surface area contributed by atoms with Crippen molar-refractivity contribution in [2.45, 2.75) is 31.5 Å². The highest BCUT2D eigenvalue weighted by Gasteiger charge is 2.19. The van der Waals surface area contributed by atoms with Crippen molar-refractivity contribution < 1.29 is 9.21 Å². The molecule has 0 spiro atoms. The second-order valence-electron chi connectivity index (χ2n) is 8.44. The number of anilines is 1. The van der Waals surface area contributed by atoms with Gasteiger partial charge in [0.15, 0.2) is 16.7 Å². The minimum atomic E-state index is -0.166. The normalized spacial score (nSPS) is 11.2. The number of nitrogens with zero attached hydrogens (tertiary/aromatic N) is 5. The van der Waals surface area contributed by atoms with Crippen molar-refractivity contribution in [1.82, 2.24) is 29.9 Å². The SMILES string of the molecule is CC(C)c1nc(-c2ccccc2NC(=O)CSc2nnc(-c3ccco3)n2Cc2ccccc2)n[nH]1. The molecular weight excluding hydrogens is 474 g/mol. The maximum atomic E-state index is 12.9. The largest absolute Gasteiger partial charge is 0.461 e. The number of para-hydroxylation sites is 1. The van der Waals surface area contributed by atoms with Gasteiger partial charge in [0.25, 0.3) is 0 Å². The maximum Gasteiger partial charge on any atom is 0.234 e. The molecule has 2 N–H and O–H groups in total. The molecule has 1 amide bonds. The van der Waals surface area contributed by atoms with E-state index in [9.17, 15) is 4.79 Å². The van der Waals surface area contributed by atoms with E-state index in [-0.39, 0.29) is 17.6 Å². The smallest absolute Gasteiger partial charge is 0.234 e. The molecule has 182 valence electrons. The maximum absolute atomic E-state index is 12.9. The van der Waals surface area contributed by atoms with E-state index >= 15 is 0 Å². The fourth-order valence-corrected chi connectivity index (χ4v) is 4.39. The van der Waals surface area contributed by atoms with E-state index in [0.29, 0.717) is 34.8 Å². The van der Waals surface area contributed by atoms with Crippen LogP contribution in [0.25, 0.3) is 23.0 Å². The van der Waals surface area contributed by atoms with Crippen LogP contribution in [0.15, 0.2) is 82.6 Å². The molecule has 0 unspecified atom stereocenters. The Kier molecular flexibility index (Phi) is 6.94. The van der Waals surface area contributed by atoms with Crippen LogP contribution in [-0.4, -0.2) is 41.6 Å². The highest BCUT2D eigenvalue weighted by atomic mass is 32.2. The van der Waals surface area contributed by atoms with Crippen LogP contribution in [0.4, 0.5) is 5.69 Å². The number of hydrogen-bond acceptors (Lipinski definition) is 7. The Morgan fingerprint density at radius 3 is 2.61 bits per heavy atom. The molecule has 0 aliphatic rings. The summed E-state index contributed by atoms with van der Waals surface area (Å²) < 4.78 is 7.52. The van der Waals surface area contributed by atoms with Crippen LogP contribution in [0.2, 0.25) is 0 Å². The Balaban J connectivity index is 1.32. The average Bonchev–Trinajstić information content (AvgIpc) is 3.65. The third kappa shape index (κ3) is 5.23. The first-order chi connectivity index (χ1) is 17.6. The van der Waals surface area contributed by atoms with Gasteiger partial charge in [-0.15, -0.1) is 10.2 Å². The lowest BCUT2D eigenvalue weighted by Crippen LogP contribution is -2.15. The third-order valence-electron chi connectivity index (χ3n) is 5.47. The first kappa shape index (κ1) is 23.6. The fraction of sp³-hybridized carbons (Fsp3) is 0.192. The molecule has 0 radical (unpaired) electrons. The summed E-state index contributed by atoms with van der Waals surface area (Å²) in [6, 6.07) is 21.2. The quantitative estimate of drug-likeness (QED) is 0.267. The number of aromatic amines is 1. The fourth-order valence-electron chi connectivity index (χ4n) is 3.65. The number of benzene rings is 2. The van der Waals surface area contributed by atoms with Crippen LogP contribution in [0.3, 0.4) is 0 Å². The lowest BCUT2D eigenvalue weighted by atomic mass is 10.1. The van der Waals surface area contributed by atoms with Gasteiger partial charge in [0.2, 0.25) is 11.7 Å². The second-order valence-corrected chi connectivity index (χ2v) is 9.38. The topological polar surface area (TPSA) is 115 Å². The number of H-pyrrole nitrogens is 1. The lowest BCUT2D eigenvalue weighted by Gasteiger charge is -2.11.